The van der Waals surface area contributed by atoms with Gasteiger partial charge in [0.25, 0.3) is 5.91 Å². The highest BCUT2D eigenvalue weighted by molar-refractivity contribution is 6.30. The monoisotopic (exact) mass is 459 g/mol. The van der Waals surface area contributed by atoms with Crippen molar-refractivity contribution in [3.05, 3.63) is 58.3 Å². The minimum Gasteiger partial charge on any atom is -0.489 e. The van der Waals surface area contributed by atoms with Gasteiger partial charge < -0.3 is 19.6 Å². The van der Waals surface area contributed by atoms with Gasteiger partial charge in [-0.1, -0.05) is 11.6 Å². The molecule has 1 N–H and O–H groups in total. The maximum absolute atomic E-state index is 14.0. The zero-order valence-electron chi connectivity index (χ0n) is 17.4. The second-order valence-corrected chi connectivity index (χ2v) is 8.59. The fourth-order valence-electron chi connectivity index (χ4n) is 4.38. The lowest BCUT2D eigenvalue weighted by Crippen LogP contribution is -2.39. The van der Waals surface area contributed by atoms with Gasteiger partial charge in [0.15, 0.2) is 5.65 Å². The van der Waals surface area contributed by atoms with E-state index in [9.17, 15) is 9.18 Å². The molecule has 1 amide bonds. The third-order valence-electron chi connectivity index (χ3n) is 6.01. The number of carbonyl (C=O) groups is 1. The molecule has 2 aliphatic heterocycles. The Balaban J connectivity index is 1.33. The highest BCUT2D eigenvalue weighted by Gasteiger charge is 2.31. The molecule has 0 saturated carbocycles. The number of nitrogens with zero attached hydrogens (tertiary/aromatic N) is 5. The van der Waals surface area contributed by atoms with E-state index in [4.69, 9.17) is 21.4 Å². The van der Waals surface area contributed by atoms with Crippen molar-refractivity contribution >= 4 is 23.2 Å². The second kappa shape index (κ2) is 8.65. The third kappa shape index (κ3) is 4.03. The molecule has 3 aromatic rings. The number of carbonyl (C=O) groups excluding carboxylic acids is 1. The Morgan fingerprint density at radius 3 is 2.88 bits per heavy atom. The average molecular weight is 460 g/mol. The molecule has 2 aliphatic rings. The fourth-order valence-corrected chi connectivity index (χ4v) is 4.52. The number of hydrogen-bond donors (Lipinski definition) is 1. The lowest BCUT2D eigenvalue weighted by molar-refractivity contribution is 0.0718. The SMILES string of the molecule is O=C(c1ccc(F)cc1OC1CCN(CCO)CC1)N1Cc2nn3cc(Cl)cnc3c2C1. The van der Waals surface area contributed by atoms with Crippen molar-refractivity contribution in [2.24, 2.45) is 0 Å². The van der Waals surface area contributed by atoms with E-state index in [-0.39, 0.29) is 24.4 Å². The summed E-state index contributed by atoms with van der Waals surface area (Å²) in [5, 5.41) is 14.1. The second-order valence-electron chi connectivity index (χ2n) is 8.15. The summed E-state index contributed by atoms with van der Waals surface area (Å²) in [6, 6.07) is 4.04. The van der Waals surface area contributed by atoms with Crippen molar-refractivity contribution in [1.29, 1.82) is 0 Å². The molecular weight excluding hydrogens is 437 g/mol. The number of benzene rings is 1. The Kier molecular flexibility index (Phi) is 5.71. The molecule has 1 saturated heterocycles. The van der Waals surface area contributed by atoms with Gasteiger partial charge in [-0.05, 0) is 25.0 Å². The van der Waals surface area contributed by atoms with Crippen LogP contribution in [0, 0.1) is 5.82 Å². The molecule has 10 heteroatoms. The number of hydrogen-bond acceptors (Lipinski definition) is 6. The van der Waals surface area contributed by atoms with Crippen LogP contribution >= 0.6 is 11.6 Å². The number of aliphatic hydroxyl groups is 1. The van der Waals surface area contributed by atoms with Crippen molar-refractivity contribution < 1.29 is 19.0 Å². The van der Waals surface area contributed by atoms with Crippen LogP contribution in [-0.4, -0.2) is 67.8 Å². The van der Waals surface area contributed by atoms with Gasteiger partial charge in [-0.15, -0.1) is 0 Å². The Morgan fingerprint density at radius 2 is 2.09 bits per heavy atom. The van der Waals surface area contributed by atoms with Crippen molar-refractivity contribution in [1.82, 2.24) is 24.4 Å². The number of rotatable bonds is 5. The topological polar surface area (TPSA) is 83.2 Å². The number of fused-ring (bicyclic) bond motifs is 3. The standard InChI is InChI=1S/C22H23ClFN5O3/c23-14-10-25-21-18-12-28(13-19(18)26-29(21)11-14)22(31)17-2-1-15(24)9-20(17)32-16-3-5-27(6-4-16)7-8-30/h1-2,9-11,16,30H,3-8,12-13H2. The van der Waals surface area contributed by atoms with Crippen LogP contribution in [-0.2, 0) is 13.1 Å². The van der Waals surface area contributed by atoms with Crippen LogP contribution in [0.25, 0.3) is 5.65 Å². The quantitative estimate of drug-likeness (QED) is 0.631. The number of amides is 1. The van der Waals surface area contributed by atoms with E-state index in [1.54, 1.807) is 21.8 Å². The molecule has 5 rings (SSSR count). The van der Waals surface area contributed by atoms with Crippen LogP contribution in [0.4, 0.5) is 4.39 Å². The first-order valence-electron chi connectivity index (χ1n) is 10.6. The van der Waals surface area contributed by atoms with Gasteiger partial charge in [-0.25, -0.2) is 13.9 Å². The largest absolute Gasteiger partial charge is 0.489 e. The normalized spacial score (nSPS) is 17.2. The maximum Gasteiger partial charge on any atom is 0.258 e. The van der Waals surface area contributed by atoms with E-state index in [1.807, 2.05) is 0 Å². The van der Waals surface area contributed by atoms with E-state index < -0.39 is 5.82 Å². The molecule has 168 valence electrons. The van der Waals surface area contributed by atoms with Gasteiger partial charge in [-0.3, -0.25) is 4.79 Å². The predicted octanol–water partition coefficient (Wildman–Crippen LogP) is 2.51. The molecule has 0 bridgehead atoms. The van der Waals surface area contributed by atoms with E-state index in [1.165, 1.54) is 18.2 Å². The summed E-state index contributed by atoms with van der Waals surface area (Å²) in [6.07, 6.45) is 4.65. The van der Waals surface area contributed by atoms with Crippen LogP contribution in [0.3, 0.4) is 0 Å². The average Bonchev–Trinajstić information content (AvgIpc) is 3.32. The lowest BCUT2D eigenvalue weighted by atomic mass is 10.1. The van der Waals surface area contributed by atoms with Crippen LogP contribution < -0.4 is 4.74 Å². The summed E-state index contributed by atoms with van der Waals surface area (Å²) < 4.78 is 21.7. The molecule has 1 aromatic carbocycles. The molecule has 8 nitrogen and oxygen atoms in total. The van der Waals surface area contributed by atoms with E-state index >= 15 is 0 Å². The first kappa shape index (κ1) is 21.1. The molecule has 0 aliphatic carbocycles. The Labute approximate surface area is 189 Å². The van der Waals surface area contributed by atoms with Crippen LogP contribution in [0.1, 0.15) is 34.5 Å². The number of aromatic nitrogens is 3. The minimum absolute atomic E-state index is 0.104. The number of β-amino-alcohol motifs (C(OH)–C–C–N with tert-alkyl or cyclic N) is 1. The van der Waals surface area contributed by atoms with Crippen molar-refractivity contribution in [2.75, 3.05) is 26.2 Å². The number of halogens is 2. The Hall–Kier alpha value is -2.75. The molecule has 0 spiro atoms. The van der Waals surface area contributed by atoms with Gasteiger partial charge in [-0.2, -0.15) is 5.10 Å². The lowest BCUT2D eigenvalue weighted by Gasteiger charge is -2.32. The zero-order chi connectivity index (χ0) is 22.2. The molecular formula is C22H23ClFN5O3. The number of likely N-dealkylation sites (tertiary alicyclic amines) is 1. The summed E-state index contributed by atoms with van der Waals surface area (Å²) in [7, 11) is 0. The Morgan fingerprint density at radius 1 is 1.28 bits per heavy atom. The summed E-state index contributed by atoms with van der Waals surface area (Å²) in [5.74, 6) is -0.417. The molecule has 4 heterocycles. The van der Waals surface area contributed by atoms with E-state index in [0.29, 0.717) is 35.9 Å². The van der Waals surface area contributed by atoms with Gasteiger partial charge in [0, 0.05) is 37.5 Å². The summed E-state index contributed by atoms with van der Waals surface area (Å²) in [5.41, 5.74) is 2.66. The highest BCUT2D eigenvalue weighted by Crippen LogP contribution is 2.31. The fraction of sp³-hybridized carbons (Fsp3) is 0.409. The van der Waals surface area contributed by atoms with Crippen LogP contribution in [0.5, 0.6) is 5.75 Å². The molecule has 0 atom stereocenters. The maximum atomic E-state index is 14.0. The van der Waals surface area contributed by atoms with E-state index in [2.05, 4.69) is 15.0 Å². The minimum atomic E-state index is -0.447. The molecule has 2 aromatic heterocycles. The first-order chi connectivity index (χ1) is 15.5. The summed E-state index contributed by atoms with van der Waals surface area (Å²) in [4.78, 5) is 21.5. The van der Waals surface area contributed by atoms with Crippen molar-refractivity contribution in [2.45, 2.75) is 32.0 Å². The number of ether oxygens (including phenoxy) is 1. The third-order valence-corrected chi connectivity index (χ3v) is 6.21. The number of aliphatic hydroxyl groups excluding tert-OH is 1. The Bertz CT molecular complexity index is 1160. The zero-order valence-corrected chi connectivity index (χ0v) is 18.1. The molecule has 0 radical (unpaired) electrons. The van der Waals surface area contributed by atoms with Crippen LogP contribution in [0.2, 0.25) is 5.02 Å². The van der Waals surface area contributed by atoms with Gasteiger partial charge in [0.05, 0.1) is 42.2 Å². The summed E-state index contributed by atoms with van der Waals surface area (Å²) in [6.45, 7) is 3.05. The van der Waals surface area contributed by atoms with Gasteiger partial charge >= 0.3 is 0 Å². The smallest absolute Gasteiger partial charge is 0.258 e. The molecule has 1 fully saturated rings. The van der Waals surface area contributed by atoms with Gasteiger partial charge in [0.2, 0.25) is 0 Å². The van der Waals surface area contributed by atoms with Crippen molar-refractivity contribution in [3.8, 4) is 5.75 Å². The first-order valence-corrected chi connectivity index (χ1v) is 11.0. The van der Waals surface area contributed by atoms with Gasteiger partial charge in [0.1, 0.15) is 17.7 Å². The number of piperidine rings is 1. The van der Waals surface area contributed by atoms with Crippen LogP contribution in [0.15, 0.2) is 30.6 Å². The van der Waals surface area contributed by atoms with E-state index in [0.717, 1.165) is 37.2 Å². The van der Waals surface area contributed by atoms with Crippen molar-refractivity contribution in [3.63, 3.8) is 0 Å². The molecule has 32 heavy (non-hydrogen) atoms. The molecule has 0 unspecified atom stereocenters. The highest BCUT2D eigenvalue weighted by atomic mass is 35.5. The summed E-state index contributed by atoms with van der Waals surface area (Å²) >= 11 is 5.99. The predicted molar refractivity (Wildman–Crippen MR) is 115 cm³/mol.